The van der Waals surface area contributed by atoms with Crippen molar-refractivity contribution in [3.63, 3.8) is 0 Å². The van der Waals surface area contributed by atoms with E-state index in [4.69, 9.17) is 0 Å². The SMILES string of the molecule is Cc1ccc(S(=O)(=O)N2CCCC[C@@H]2c2cccnc2NC2CC2)cc1. The van der Waals surface area contributed by atoms with E-state index in [1.54, 1.807) is 22.6 Å². The van der Waals surface area contributed by atoms with E-state index in [1.165, 1.54) is 0 Å². The number of rotatable bonds is 5. The normalized spacial score (nSPS) is 21.5. The van der Waals surface area contributed by atoms with Gasteiger partial charge in [0.15, 0.2) is 0 Å². The molecule has 0 amide bonds. The van der Waals surface area contributed by atoms with Crippen molar-refractivity contribution in [1.29, 1.82) is 0 Å². The molecule has 0 bridgehead atoms. The molecule has 1 aliphatic heterocycles. The van der Waals surface area contributed by atoms with Gasteiger partial charge in [-0.1, -0.05) is 30.2 Å². The van der Waals surface area contributed by atoms with Gasteiger partial charge in [0.2, 0.25) is 10.0 Å². The van der Waals surface area contributed by atoms with Crippen LogP contribution in [0.5, 0.6) is 0 Å². The summed E-state index contributed by atoms with van der Waals surface area (Å²) < 4.78 is 28.3. The van der Waals surface area contributed by atoms with Crippen LogP contribution >= 0.6 is 0 Å². The molecule has 0 radical (unpaired) electrons. The van der Waals surface area contributed by atoms with Gasteiger partial charge in [0.25, 0.3) is 0 Å². The highest BCUT2D eigenvalue weighted by Gasteiger charge is 2.36. The third kappa shape index (κ3) is 3.48. The molecule has 1 N–H and O–H groups in total. The molecule has 1 atom stereocenters. The highest BCUT2D eigenvalue weighted by atomic mass is 32.2. The summed E-state index contributed by atoms with van der Waals surface area (Å²) in [4.78, 5) is 4.87. The van der Waals surface area contributed by atoms with Crippen LogP contribution in [0, 0.1) is 6.92 Å². The third-order valence-corrected chi connectivity index (χ3v) is 7.12. The van der Waals surface area contributed by atoms with Crippen LogP contribution in [0.2, 0.25) is 0 Å². The maximum atomic E-state index is 13.3. The second kappa shape index (κ2) is 7.00. The molecular formula is C20H25N3O2S. The molecule has 0 unspecified atom stereocenters. The minimum atomic E-state index is -3.53. The lowest BCUT2D eigenvalue weighted by Crippen LogP contribution is -2.38. The van der Waals surface area contributed by atoms with Gasteiger partial charge in [0.1, 0.15) is 5.82 Å². The molecule has 0 spiro atoms. The number of hydrogen-bond donors (Lipinski definition) is 1. The number of hydrogen-bond acceptors (Lipinski definition) is 4. The van der Waals surface area contributed by atoms with Crippen molar-refractivity contribution in [2.75, 3.05) is 11.9 Å². The summed E-state index contributed by atoms with van der Waals surface area (Å²) in [7, 11) is -3.53. The summed E-state index contributed by atoms with van der Waals surface area (Å²) in [5.41, 5.74) is 2.05. The Labute approximate surface area is 155 Å². The Morgan fingerprint density at radius 3 is 2.58 bits per heavy atom. The van der Waals surface area contributed by atoms with E-state index in [9.17, 15) is 8.42 Å². The van der Waals surface area contributed by atoms with Crippen LogP contribution in [0.1, 0.15) is 49.3 Å². The van der Waals surface area contributed by atoms with Gasteiger partial charge >= 0.3 is 0 Å². The Hall–Kier alpha value is -1.92. The number of benzene rings is 1. The average molecular weight is 372 g/mol. The number of nitrogens with zero attached hydrogens (tertiary/aromatic N) is 2. The van der Waals surface area contributed by atoms with E-state index in [-0.39, 0.29) is 6.04 Å². The summed E-state index contributed by atoms with van der Waals surface area (Å²) in [5.74, 6) is 0.839. The first-order chi connectivity index (χ1) is 12.6. The Morgan fingerprint density at radius 1 is 1.08 bits per heavy atom. The summed E-state index contributed by atoms with van der Waals surface area (Å²) in [6, 6.07) is 11.4. The molecule has 1 aromatic heterocycles. The number of aryl methyl sites for hydroxylation is 1. The molecule has 26 heavy (non-hydrogen) atoms. The van der Waals surface area contributed by atoms with Crippen LogP contribution in [0.3, 0.4) is 0 Å². The number of sulfonamides is 1. The van der Waals surface area contributed by atoms with Crippen LogP contribution in [0.25, 0.3) is 0 Å². The Morgan fingerprint density at radius 2 is 1.85 bits per heavy atom. The minimum Gasteiger partial charge on any atom is -0.367 e. The van der Waals surface area contributed by atoms with E-state index < -0.39 is 10.0 Å². The van der Waals surface area contributed by atoms with Crippen LogP contribution in [0.4, 0.5) is 5.82 Å². The van der Waals surface area contributed by atoms with Crippen molar-refractivity contribution in [2.45, 2.75) is 56.0 Å². The van der Waals surface area contributed by atoms with Crippen molar-refractivity contribution >= 4 is 15.8 Å². The van der Waals surface area contributed by atoms with Gasteiger partial charge in [-0.25, -0.2) is 13.4 Å². The van der Waals surface area contributed by atoms with Crippen LogP contribution in [-0.2, 0) is 10.0 Å². The summed E-state index contributed by atoms with van der Waals surface area (Å²) in [5, 5.41) is 3.47. The first kappa shape index (κ1) is 17.5. The Balaban J connectivity index is 1.70. The first-order valence-electron chi connectivity index (χ1n) is 9.36. The lowest BCUT2D eigenvalue weighted by molar-refractivity contribution is 0.256. The summed E-state index contributed by atoms with van der Waals surface area (Å²) in [6.07, 6.45) is 6.85. The zero-order chi connectivity index (χ0) is 18.1. The predicted molar refractivity (Wildman–Crippen MR) is 103 cm³/mol. The molecule has 6 heteroatoms. The highest BCUT2D eigenvalue weighted by Crippen LogP contribution is 2.38. The number of anilines is 1. The molecule has 2 aliphatic rings. The molecule has 4 rings (SSSR count). The zero-order valence-corrected chi connectivity index (χ0v) is 15.9. The summed E-state index contributed by atoms with van der Waals surface area (Å²) >= 11 is 0. The van der Waals surface area contributed by atoms with Crippen LogP contribution in [0.15, 0.2) is 47.5 Å². The Kier molecular flexibility index (Phi) is 4.71. The highest BCUT2D eigenvalue weighted by molar-refractivity contribution is 7.89. The maximum Gasteiger partial charge on any atom is 0.243 e. The van der Waals surface area contributed by atoms with Gasteiger partial charge in [-0.2, -0.15) is 4.31 Å². The molecule has 1 aliphatic carbocycles. The fraction of sp³-hybridized carbons (Fsp3) is 0.450. The predicted octanol–water partition coefficient (Wildman–Crippen LogP) is 3.88. The molecule has 2 fully saturated rings. The third-order valence-electron chi connectivity index (χ3n) is 5.20. The van der Waals surface area contributed by atoms with Crippen molar-refractivity contribution in [3.8, 4) is 0 Å². The standard InChI is InChI=1S/C20H25N3O2S/c1-15-7-11-17(12-8-15)26(24,25)23-14-3-2-6-19(23)18-5-4-13-21-20(18)22-16-9-10-16/h4-5,7-8,11-13,16,19H,2-3,6,9-10,14H2,1H3,(H,21,22)/t19-/m1/s1. The maximum absolute atomic E-state index is 13.3. The van der Waals surface area contributed by atoms with E-state index in [0.717, 1.165) is 49.0 Å². The molecule has 1 aromatic carbocycles. The monoisotopic (exact) mass is 371 g/mol. The molecule has 2 heterocycles. The number of aromatic nitrogens is 1. The van der Waals surface area contributed by atoms with Crippen molar-refractivity contribution in [2.24, 2.45) is 0 Å². The molecule has 1 saturated heterocycles. The molecule has 138 valence electrons. The largest absolute Gasteiger partial charge is 0.367 e. The van der Waals surface area contributed by atoms with Crippen molar-refractivity contribution in [3.05, 3.63) is 53.7 Å². The minimum absolute atomic E-state index is 0.162. The quantitative estimate of drug-likeness (QED) is 0.866. The average Bonchev–Trinajstić information content (AvgIpc) is 3.47. The van der Waals surface area contributed by atoms with E-state index in [0.29, 0.717) is 17.5 Å². The lowest BCUT2D eigenvalue weighted by Gasteiger charge is -2.35. The van der Waals surface area contributed by atoms with Gasteiger partial charge in [-0.15, -0.1) is 0 Å². The van der Waals surface area contributed by atoms with Gasteiger partial charge in [0.05, 0.1) is 10.9 Å². The summed E-state index contributed by atoms with van der Waals surface area (Å²) in [6.45, 7) is 2.52. The van der Waals surface area contributed by atoms with E-state index in [1.807, 2.05) is 31.2 Å². The topological polar surface area (TPSA) is 62.3 Å². The lowest BCUT2D eigenvalue weighted by atomic mass is 9.98. The first-order valence-corrected chi connectivity index (χ1v) is 10.8. The second-order valence-corrected chi connectivity index (χ2v) is 9.19. The van der Waals surface area contributed by atoms with Gasteiger partial charge in [-0.05, 0) is 50.8 Å². The van der Waals surface area contributed by atoms with Gasteiger partial charge in [0, 0.05) is 24.3 Å². The van der Waals surface area contributed by atoms with Crippen LogP contribution < -0.4 is 5.32 Å². The molecule has 2 aromatic rings. The fourth-order valence-corrected chi connectivity index (χ4v) is 5.25. The van der Waals surface area contributed by atoms with E-state index >= 15 is 0 Å². The molecule has 5 nitrogen and oxygen atoms in total. The smallest absolute Gasteiger partial charge is 0.243 e. The Bertz CT molecular complexity index is 876. The second-order valence-electron chi connectivity index (χ2n) is 7.30. The van der Waals surface area contributed by atoms with Crippen LogP contribution in [-0.4, -0.2) is 30.3 Å². The fourth-order valence-electron chi connectivity index (χ4n) is 3.58. The van der Waals surface area contributed by atoms with Crippen molar-refractivity contribution in [1.82, 2.24) is 9.29 Å². The van der Waals surface area contributed by atoms with E-state index in [2.05, 4.69) is 10.3 Å². The number of piperidine rings is 1. The number of pyridine rings is 1. The molecular weight excluding hydrogens is 346 g/mol. The van der Waals surface area contributed by atoms with Gasteiger partial charge < -0.3 is 5.32 Å². The van der Waals surface area contributed by atoms with Crippen molar-refractivity contribution < 1.29 is 8.42 Å². The number of nitrogens with one attached hydrogen (secondary N) is 1. The van der Waals surface area contributed by atoms with Gasteiger partial charge in [-0.3, -0.25) is 0 Å². The molecule has 1 saturated carbocycles. The zero-order valence-electron chi connectivity index (χ0n) is 15.1.